The van der Waals surface area contributed by atoms with Crippen LogP contribution in [0, 0.1) is 5.92 Å². The molecular weight excluding hydrogens is 220 g/mol. The van der Waals surface area contributed by atoms with Crippen molar-refractivity contribution in [3.8, 4) is 0 Å². The first-order valence-corrected chi connectivity index (χ1v) is 7.54. The van der Waals surface area contributed by atoms with Gasteiger partial charge in [0.15, 0.2) is 0 Å². The highest BCUT2D eigenvalue weighted by atomic mass is 32.2. The van der Waals surface area contributed by atoms with Crippen LogP contribution in [-0.4, -0.2) is 48.0 Å². The van der Waals surface area contributed by atoms with Crippen LogP contribution in [0.25, 0.3) is 0 Å². The molecule has 1 saturated carbocycles. The fraction of sp³-hybridized carbons (Fsp3) is 0.917. The van der Waals surface area contributed by atoms with E-state index < -0.39 is 0 Å². The van der Waals surface area contributed by atoms with E-state index in [1.54, 1.807) is 0 Å². The predicted octanol–water partition coefficient (Wildman–Crippen LogP) is 1.34. The van der Waals surface area contributed by atoms with Gasteiger partial charge in [-0.3, -0.25) is 4.79 Å². The molecule has 0 radical (unpaired) electrons. The molecule has 16 heavy (non-hydrogen) atoms. The number of hydrogen-bond donors (Lipinski definition) is 1. The van der Waals surface area contributed by atoms with Gasteiger partial charge in [-0.25, -0.2) is 0 Å². The molecule has 92 valence electrons. The molecule has 1 heterocycles. The van der Waals surface area contributed by atoms with Gasteiger partial charge in [-0.05, 0) is 25.7 Å². The quantitative estimate of drug-likeness (QED) is 0.789. The van der Waals surface area contributed by atoms with Crippen molar-refractivity contribution in [3.63, 3.8) is 0 Å². The molecule has 1 aliphatic heterocycles. The van der Waals surface area contributed by atoms with Gasteiger partial charge in [0, 0.05) is 43.6 Å². The van der Waals surface area contributed by atoms with Crippen molar-refractivity contribution in [2.75, 3.05) is 31.1 Å². The minimum absolute atomic E-state index is 0.342. The van der Waals surface area contributed by atoms with Crippen LogP contribution < -0.4 is 5.32 Å². The third-order valence-corrected chi connectivity index (χ3v) is 4.46. The molecule has 0 aromatic rings. The second-order valence-corrected chi connectivity index (χ2v) is 5.96. The summed E-state index contributed by atoms with van der Waals surface area (Å²) < 4.78 is 0. The Balaban J connectivity index is 1.74. The average molecular weight is 242 g/mol. The number of nitrogens with zero attached hydrogens (tertiary/aromatic N) is 1. The number of thioether (sulfide) groups is 1. The van der Waals surface area contributed by atoms with Crippen LogP contribution in [-0.2, 0) is 4.79 Å². The Labute approximate surface area is 102 Å². The molecule has 2 aliphatic rings. The van der Waals surface area contributed by atoms with Gasteiger partial charge in [0.1, 0.15) is 0 Å². The van der Waals surface area contributed by atoms with Crippen molar-refractivity contribution in [1.29, 1.82) is 0 Å². The number of hydrogen-bond acceptors (Lipinski definition) is 3. The van der Waals surface area contributed by atoms with Crippen LogP contribution >= 0.6 is 11.8 Å². The standard InChI is InChI=1S/C12H22N2OS/c1-2-14(8-10-3-4-10)12(15)7-11-9-16-6-5-13-11/h10-11,13H,2-9H2,1H3. The van der Waals surface area contributed by atoms with Crippen molar-refractivity contribution in [2.45, 2.75) is 32.2 Å². The molecule has 2 fully saturated rings. The third kappa shape index (κ3) is 3.67. The van der Waals surface area contributed by atoms with Crippen LogP contribution in [0.4, 0.5) is 0 Å². The highest BCUT2D eigenvalue weighted by molar-refractivity contribution is 7.99. The summed E-state index contributed by atoms with van der Waals surface area (Å²) in [6.45, 7) is 5.01. The number of rotatable bonds is 5. The molecule has 1 unspecified atom stereocenters. The fourth-order valence-corrected chi connectivity index (χ4v) is 3.06. The molecule has 1 aliphatic carbocycles. The fourth-order valence-electron chi connectivity index (χ4n) is 2.11. The van der Waals surface area contributed by atoms with E-state index in [4.69, 9.17) is 0 Å². The van der Waals surface area contributed by atoms with Gasteiger partial charge in [-0.1, -0.05) is 0 Å². The smallest absolute Gasteiger partial charge is 0.224 e. The van der Waals surface area contributed by atoms with Gasteiger partial charge >= 0.3 is 0 Å². The zero-order valence-electron chi connectivity index (χ0n) is 10.1. The second kappa shape index (κ2) is 5.92. The Kier molecular flexibility index (Phi) is 4.53. The van der Waals surface area contributed by atoms with E-state index in [-0.39, 0.29) is 0 Å². The summed E-state index contributed by atoms with van der Waals surface area (Å²) >= 11 is 1.96. The average Bonchev–Trinajstić information content (AvgIpc) is 3.11. The monoisotopic (exact) mass is 242 g/mol. The third-order valence-electron chi connectivity index (χ3n) is 3.33. The van der Waals surface area contributed by atoms with Gasteiger partial charge in [0.25, 0.3) is 0 Å². The zero-order valence-corrected chi connectivity index (χ0v) is 10.9. The molecule has 0 aromatic carbocycles. The summed E-state index contributed by atoms with van der Waals surface area (Å²) in [5, 5.41) is 3.43. The second-order valence-electron chi connectivity index (χ2n) is 4.81. The maximum Gasteiger partial charge on any atom is 0.224 e. The van der Waals surface area contributed by atoms with E-state index in [0.29, 0.717) is 18.4 Å². The van der Waals surface area contributed by atoms with E-state index in [9.17, 15) is 4.79 Å². The van der Waals surface area contributed by atoms with E-state index in [0.717, 1.165) is 31.3 Å². The molecule has 0 aromatic heterocycles. The molecule has 1 atom stereocenters. The molecule has 1 amide bonds. The van der Waals surface area contributed by atoms with Gasteiger partial charge in [-0.15, -0.1) is 0 Å². The number of carbonyl (C=O) groups excluding carboxylic acids is 1. The Morgan fingerprint density at radius 1 is 1.50 bits per heavy atom. The molecule has 1 saturated heterocycles. The van der Waals surface area contributed by atoms with Gasteiger partial charge < -0.3 is 10.2 Å². The van der Waals surface area contributed by atoms with Crippen molar-refractivity contribution in [3.05, 3.63) is 0 Å². The van der Waals surface area contributed by atoms with Crippen molar-refractivity contribution >= 4 is 17.7 Å². The van der Waals surface area contributed by atoms with Crippen molar-refractivity contribution in [2.24, 2.45) is 5.92 Å². The Morgan fingerprint density at radius 3 is 2.88 bits per heavy atom. The van der Waals surface area contributed by atoms with Crippen molar-refractivity contribution in [1.82, 2.24) is 10.2 Å². The maximum atomic E-state index is 12.1. The molecule has 0 spiro atoms. The predicted molar refractivity (Wildman–Crippen MR) is 68.7 cm³/mol. The lowest BCUT2D eigenvalue weighted by Crippen LogP contribution is -2.43. The summed E-state index contributed by atoms with van der Waals surface area (Å²) in [4.78, 5) is 14.1. The van der Waals surface area contributed by atoms with Crippen LogP contribution in [0.15, 0.2) is 0 Å². The lowest BCUT2D eigenvalue weighted by Gasteiger charge is -2.26. The van der Waals surface area contributed by atoms with E-state index >= 15 is 0 Å². The lowest BCUT2D eigenvalue weighted by atomic mass is 10.2. The SMILES string of the molecule is CCN(CC1CC1)C(=O)CC1CSCCN1. The number of nitrogens with one attached hydrogen (secondary N) is 1. The number of amides is 1. The molecule has 4 heteroatoms. The maximum absolute atomic E-state index is 12.1. The Hall–Kier alpha value is -0.220. The first-order chi connectivity index (χ1) is 7.79. The van der Waals surface area contributed by atoms with E-state index in [1.807, 2.05) is 16.7 Å². The topological polar surface area (TPSA) is 32.3 Å². The highest BCUT2D eigenvalue weighted by Gasteiger charge is 2.27. The lowest BCUT2D eigenvalue weighted by molar-refractivity contribution is -0.131. The summed E-state index contributed by atoms with van der Waals surface area (Å²) in [5.41, 5.74) is 0. The largest absolute Gasteiger partial charge is 0.343 e. The minimum Gasteiger partial charge on any atom is -0.343 e. The summed E-state index contributed by atoms with van der Waals surface area (Å²) in [6.07, 6.45) is 3.33. The molecule has 1 N–H and O–H groups in total. The molecular formula is C12H22N2OS. The van der Waals surface area contributed by atoms with E-state index in [1.165, 1.54) is 18.6 Å². The Morgan fingerprint density at radius 2 is 2.31 bits per heavy atom. The van der Waals surface area contributed by atoms with Crippen LogP contribution in [0.2, 0.25) is 0 Å². The van der Waals surface area contributed by atoms with E-state index in [2.05, 4.69) is 12.2 Å². The normalized spacial score (nSPS) is 25.4. The van der Waals surface area contributed by atoms with Gasteiger partial charge in [0.05, 0.1) is 0 Å². The van der Waals surface area contributed by atoms with Gasteiger partial charge in [0.2, 0.25) is 5.91 Å². The van der Waals surface area contributed by atoms with Crippen LogP contribution in [0.3, 0.4) is 0 Å². The van der Waals surface area contributed by atoms with Crippen molar-refractivity contribution < 1.29 is 4.79 Å². The highest BCUT2D eigenvalue weighted by Crippen LogP contribution is 2.29. The minimum atomic E-state index is 0.342. The Bertz CT molecular complexity index is 237. The first-order valence-electron chi connectivity index (χ1n) is 6.38. The molecule has 0 bridgehead atoms. The summed E-state index contributed by atoms with van der Waals surface area (Å²) in [6, 6.07) is 0.402. The van der Waals surface area contributed by atoms with Crippen LogP contribution in [0.1, 0.15) is 26.2 Å². The molecule has 3 nitrogen and oxygen atoms in total. The van der Waals surface area contributed by atoms with Crippen LogP contribution in [0.5, 0.6) is 0 Å². The summed E-state index contributed by atoms with van der Waals surface area (Å²) in [7, 11) is 0. The zero-order chi connectivity index (χ0) is 11.4. The molecule has 2 rings (SSSR count). The van der Waals surface area contributed by atoms with Gasteiger partial charge in [-0.2, -0.15) is 11.8 Å². The first kappa shape index (κ1) is 12.2. The number of carbonyl (C=O) groups is 1. The summed E-state index contributed by atoms with van der Waals surface area (Å²) in [5.74, 6) is 3.42.